The highest BCUT2D eigenvalue weighted by Gasteiger charge is 2.26. The third-order valence-electron chi connectivity index (χ3n) is 5.70. The summed E-state index contributed by atoms with van der Waals surface area (Å²) in [5.74, 6) is 0.687. The first-order valence-electron chi connectivity index (χ1n) is 9.53. The Kier molecular flexibility index (Phi) is 5.44. The van der Waals surface area contributed by atoms with Crippen LogP contribution in [0.15, 0.2) is 30.0 Å². The van der Waals surface area contributed by atoms with Gasteiger partial charge in [0.1, 0.15) is 11.3 Å². The van der Waals surface area contributed by atoms with Gasteiger partial charge in [0.25, 0.3) is 0 Å². The molecule has 1 aliphatic carbocycles. The first kappa shape index (κ1) is 18.3. The van der Waals surface area contributed by atoms with Crippen molar-refractivity contribution in [3.8, 4) is 0 Å². The molecule has 0 radical (unpaired) electrons. The van der Waals surface area contributed by atoms with Crippen LogP contribution < -0.4 is 0 Å². The molecule has 0 aromatic carbocycles. The van der Waals surface area contributed by atoms with E-state index in [1.165, 1.54) is 24.8 Å². The van der Waals surface area contributed by atoms with Crippen LogP contribution in [0.4, 0.5) is 0 Å². The lowest BCUT2D eigenvalue weighted by atomic mass is 9.85. The van der Waals surface area contributed by atoms with Crippen molar-refractivity contribution in [2.45, 2.75) is 64.5 Å². The van der Waals surface area contributed by atoms with Crippen molar-refractivity contribution in [2.24, 2.45) is 5.92 Å². The second-order valence-electron chi connectivity index (χ2n) is 8.33. The molecule has 1 aromatic rings. The topological polar surface area (TPSA) is 54.2 Å². The molecule has 1 aromatic heterocycles. The van der Waals surface area contributed by atoms with Gasteiger partial charge in [0.05, 0.1) is 12.2 Å². The summed E-state index contributed by atoms with van der Waals surface area (Å²) in [4.78, 5) is 2.57. The summed E-state index contributed by atoms with van der Waals surface area (Å²) in [5.41, 5.74) is 2.65. The van der Waals surface area contributed by atoms with E-state index in [1.807, 2.05) is 10.9 Å². The Morgan fingerprint density at radius 2 is 2.04 bits per heavy atom. The molecule has 1 atom stereocenters. The van der Waals surface area contributed by atoms with Crippen LogP contribution in [0.1, 0.15) is 64.6 Å². The van der Waals surface area contributed by atoms with E-state index in [0.717, 1.165) is 32.5 Å². The quantitative estimate of drug-likeness (QED) is 0.831. The smallest absolute Gasteiger partial charge is 0.114 e. The van der Waals surface area contributed by atoms with Crippen molar-refractivity contribution < 1.29 is 5.11 Å². The SMILES string of the molecule is C=C(C)[C@@H]1CC=C(CN2CCC(n3cc(C(C)(C)O)nn3)CC2)CC1. The number of hydrogen-bond donors (Lipinski definition) is 1. The van der Waals surface area contributed by atoms with Crippen LogP contribution in [-0.2, 0) is 5.60 Å². The summed E-state index contributed by atoms with van der Waals surface area (Å²) < 4.78 is 1.95. The largest absolute Gasteiger partial charge is 0.384 e. The molecule has 1 N–H and O–H groups in total. The lowest BCUT2D eigenvalue weighted by Gasteiger charge is -2.33. The Morgan fingerprint density at radius 3 is 2.56 bits per heavy atom. The fraction of sp³-hybridized carbons (Fsp3) is 0.700. The Balaban J connectivity index is 1.49. The van der Waals surface area contributed by atoms with Crippen molar-refractivity contribution in [3.63, 3.8) is 0 Å². The molecule has 0 unspecified atom stereocenters. The van der Waals surface area contributed by atoms with Gasteiger partial charge in [0, 0.05) is 19.6 Å². The van der Waals surface area contributed by atoms with Crippen molar-refractivity contribution in [1.29, 1.82) is 0 Å². The summed E-state index contributed by atoms with van der Waals surface area (Å²) in [5, 5.41) is 18.4. The molecule has 0 saturated carbocycles. The molecule has 0 bridgehead atoms. The fourth-order valence-electron chi connectivity index (χ4n) is 3.84. The lowest BCUT2D eigenvalue weighted by Crippen LogP contribution is -2.36. The Morgan fingerprint density at radius 1 is 1.32 bits per heavy atom. The van der Waals surface area contributed by atoms with Crippen LogP contribution in [0, 0.1) is 5.92 Å². The summed E-state index contributed by atoms with van der Waals surface area (Å²) >= 11 is 0. The van der Waals surface area contributed by atoms with Gasteiger partial charge in [0.2, 0.25) is 0 Å². The third kappa shape index (κ3) is 4.59. The van der Waals surface area contributed by atoms with Crippen molar-refractivity contribution in [3.05, 3.63) is 35.7 Å². The molecule has 25 heavy (non-hydrogen) atoms. The number of nitrogens with zero attached hydrogens (tertiary/aromatic N) is 4. The van der Waals surface area contributed by atoms with Crippen LogP contribution >= 0.6 is 0 Å². The van der Waals surface area contributed by atoms with Crippen LogP contribution in [0.25, 0.3) is 0 Å². The minimum absolute atomic E-state index is 0.396. The van der Waals surface area contributed by atoms with Gasteiger partial charge in [-0.25, -0.2) is 4.68 Å². The molecule has 5 heteroatoms. The van der Waals surface area contributed by atoms with E-state index < -0.39 is 5.60 Å². The van der Waals surface area contributed by atoms with E-state index in [2.05, 4.69) is 34.8 Å². The molecular weight excluding hydrogens is 312 g/mol. The second-order valence-corrected chi connectivity index (χ2v) is 8.33. The Bertz CT molecular complexity index is 632. The molecule has 2 aliphatic rings. The van der Waals surface area contributed by atoms with E-state index in [0.29, 0.717) is 17.7 Å². The van der Waals surface area contributed by atoms with E-state index in [1.54, 1.807) is 19.4 Å². The van der Waals surface area contributed by atoms with Crippen LogP contribution in [0.3, 0.4) is 0 Å². The minimum Gasteiger partial charge on any atom is -0.384 e. The summed E-state index contributed by atoms with van der Waals surface area (Å²) in [6.45, 7) is 13.1. The minimum atomic E-state index is -0.923. The fourth-order valence-corrected chi connectivity index (χ4v) is 3.84. The van der Waals surface area contributed by atoms with Crippen LogP contribution in [0.2, 0.25) is 0 Å². The highest BCUT2D eigenvalue weighted by atomic mass is 16.3. The van der Waals surface area contributed by atoms with E-state index >= 15 is 0 Å². The molecule has 1 aliphatic heterocycles. The highest BCUT2D eigenvalue weighted by molar-refractivity contribution is 5.13. The monoisotopic (exact) mass is 344 g/mol. The number of likely N-dealkylation sites (tertiary alicyclic amines) is 1. The number of aromatic nitrogens is 3. The third-order valence-corrected chi connectivity index (χ3v) is 5.70. The van der Waals surface area contributed by atoms with Gasteiger partial charge in [-0.2, -0.15) is 0 Å². The van der Waals surface area contributed by atoms with Gasteiger partial charge >= 0.3 is 0 Å². The predicted molar refractivity (Wildman–Crippen MR) is 100 cm³/mol. The van der Waals surface area contributed by atoms with Crippen molar-refractivity contribution in [1.82, 2.24) is 19.9 Å². The number of aliphatic hydroxyl groups is 1. The van der Waals surface area contributed by atoms with E-state index in [-0.39, 0.29) is 0 Å². The maximum atomic E-state index is 10.0. The molecule has 5 nitrogen and oxygen atoms in total. The first-order valence-corrected chi connectivity index (χ1v) is 9.53. The highest BCUT2D eigenvalue weighted by Crippen LogP contribution is 2.30. The molecular formula is C20H32N4O. The molecule has 1 fully saturated rings. The Labute approximate surface area is 151 Å². The zero-order valence-corrected chi connectivity index (χ0v) is 15.9. The van der Waals surface area contributed by atoms with Crippen molar-refractivity contribution in [2.75, 3.05) is 19.6 Å². The Hall–Kier alpha value is -1.46. The van der Waals surface area contributed by atoms with Gasteiger partial charge < -0.3 is 5.11 Å². The molecule has 0 amide bonds. The van der Waals surface area contributed by atoms with Gasteiger partial charge in [-0.3, -0.25) is 4.90 Å². The van der Waals surface area contributed by atoms with Gasteiger partial charge in [-0.05, 0) is 58.8 Å². The average Bonchev–Trinajstić information content (AvgIpc) is 3.06. The zero-order chi connectivity index (χ0) is 18.0. The van der Waals surface area contributed by atoms with Gasteiger partial charge in [0.15, 0.2) is 0 Å². The standard InChI is InChI=1S/C20H32N4O/c1-15(2)17-7-5-16(6-8-17)13-23-11-9-18(10-12-23)24-14-19(21-22-24)20(3,4)25/h5,14,17-18,25H,1,6-13H2,2-4H3/t17-/m1/s1. The van der Waals surface area contributed by atoms with Gasteiger partial charge in [-0.1, -0.05) is 29.0 Å². The molecule has 0 spiro atoms. The summed E-state index contributed by atoms with van der Waals surface area (Å²) in [6, 6.07) is 0.396. The van der Waals surface area contributed by atoms with E-state index in [4.69, 9.17) is 0 Å². The van der Waals surface area contributed by atoms with Crippen molar-refractivity contribution >= 4 is 0 Å². The second kappa shape index (κ2) is 7.42. The first-order chi connectivity index (χ1) is 11.8. The maximum Gasteiger partial charge on any atom is 0.114 e. The maximum absolute atomic E-state index is 10.0. The van der Waals surface area contributed by atoms with Gasteiger partial charge in [-0.15, -0.1) is 5.10 Å². The molecule has 1 saturated heterocycles. The normalized spacial score (nSPS) is 23.5. The number of allylic oxidation sites excluding steroid dienone is 2. The summed E-state index contributed by atoms with van der Waals surface area (Å²) in [6.07, 6.45) is 10.2. The molecule has 138 valence electrons. The van der Waals surface area contributed by atoms with Crippen LogP contribution in [0.5, 0.6) is 0 Å². The molecule has 2 heterocycles. The zero-order valence-electron chi connectivity index (χ0n) is 15.9. The molecule has 3 rings (SSSR count). The average molecular weight is 345 g/mol. The number of rotatable bonds is 5. The lowest BCUT2D eigenvalue weighted by molar-refractivity contribution is 0.0736. The van der Waals surface area contributed by atoms with E-state index in [9.17, 15) is 5.11 Å². The van der Waals surface area contributed by atoms with Crippen LogP contribution in [-0.4, -0.2) is 44.6 Å². The number of piperidine rings is 1. The summed E-state index contributed by atoms with van der Waals surface area (Å²) in [7, 11) is 0. The predicted octanol–water partition coefficient (Wildman–Crippen LogP) is 3.45. The number of hydrogen-bond acceptors (Lipinski definition) is 4.